The summed E-state index contributed by atoms with van der Waals surface area (Å²) in [6.07, 6.45) is 4.23. The van der Waals surface area contributed by atoms with Gasteiger partial charge in [0.2, 0.25) is 0 Å². The molecule has 104 valence electrons. The van der Waals surface area contributed by atoms with Gasteiger partial charge >= 0.3 is 0 Å². The second-order valence-electron chi connectivity index (χ2n) is 4.92. The molecule has 0 radical (unpaired) electrons. The first kappa shape index (κ1) is 12.0. The van der Waals surface area contributed by atoms with Crippen molar-refractivity contribution in [3.63, 3.8) is 0 Å². The molecule has 1 amide bonds. The number of nitrogens with one attached hydrogen (secondary N) is 1. The second kappa shape index (κ2) is 4.63. The average Bonchev–Trinajstić information content (AvgIpc) is 3.14. The normalized spacial score (nSPS) is 13.0. The molecule has 0 aliphatic carbocycles. The monoisotopic (exact) mass is 279 g/mol. The van der Waals surface area contributed by atoms with Crippen molar-refractivity contribution >= 4 is 17.1 Å². The standard InChI is InChI=1S/C16H13N3O2/c20-16(12-10-17-19-8-2-1-5-14(12)19)18-13-4-3-6-15-11(13)7-9-21-15/h1-6,8,10H,7,9H2,(H,18,20). The number of aromatic nitrogens is 2. The van der Waals surface area contributed by atoms with E-state index in [9.17, 15) is 4.79 Å². The molecule has 0 unspecified atom stereocenters. The topological polar surface area (TPSA) is 55.6 Å². The Balaban J connectivity index is 1.69. The van der Waals surface area contributed by atoms with E-state index in [-0.39, 0.29) is 5.91 Å². The maximum atomic E-state index is 12.5. The van der Waals surface area contributed by atoms with Gasteiger partial charge in [0.05, 0.1) is 23.9 Å². The number of pyridine rings is 1. The maximum Gasteiger partial charge on any atom is 0.259 e. The Morgan fingerprint density at radius 1 is 1.24 bits per heavy atom. The van der Waals surface area contributed by atoms with Crippen molar-refractivity contribution in [3.8, 4) is 5.75 Å². The zero-order valence-electron chi connectivity index (χ0n) is 11.2. The first-order valence-electron chi connectivity index (χ1n) is 6.81. The first-order chi connectivity index (χ1) is 10.3. The predicted molar refractivity (Wildman–Crippen MR) is 78.8 cm³/mol. The molecule has 0 spiro atoms. The Kier molecular flexibility index (Phi) is 2.64. The van der Waals surface area contributed by atoms with Crippen LogP contribution in [0, 0.1) is 0 Å². The molecule has 3 aromatic rings. The number of ether oxygens (including phenoxy) is 1. The fraction of sp³-hybridized carbons (Fsp3) is 0.125. The van der Waals surface area contributed by atoms with Gasteiger partial charge in [0.25, 0.3) is 5.91 Å². The Labute approximate surface area is 121 Å². The third kappa shape index (κ3) is 1.94. The predicted octanol–water partition coefficient (Wildman–Crippen LogP) is 2.52. The van der Waals surface area contributed by atoms with E-state index in [0.717, 1.165) is 28.9 Å². The minimum atomic E-state index is -0.156. The van der Waals surface area contributed by atoms with E-state index < -0.39 is 0 Å². The number of anilines is 1. The van der Waals surface area contributed by atoms with E-state index in [2.05, 4.69) is 10.4 Å². The molecule has 1 aliphatic rings. The third-order valence-electron chi connectivity index (χ3n) is 3.66. The van der Waals surface area contributed by atoms with Crippen LogP contribution in [0.4, 0.5) is 5.69 Å². The number of rotatable bonds is 2. The van der Waals surface area contributed by atoms with E-state index in [0.29, 0.717) is 12.2 Å². The minimum absolute atomic E-state index is 0.156. The molecule has 1 aliphatic heterocycles. The number of amides is 1. The highest BCUT2D eigenvalue weighted by Gasteiger charge is 2.19. The quantitative estimate of drug-likeness (QED) is 0.784. The van der Waals surface area contributed by atoms with Gasteiger partial charge in [-0.2, -0.15) is 5.10 Å². The number of nitrogens with zero attached hydrogens (tertiary/aromatic N) is 2. The van der Waals surface area contributed by atoms with Crippen LogP contribution >= 0.6 is 0 Å². The van der Waals surface area contributed by atoms with Gasteiger partial charge < -0.3 is 10.1 Å². The molecule has 1 N–H and O–H groups in total. The van der Waals surface area contributed by atoms with E-state index >= 15 is 0 Å². The molecular weight excluding hydrogens is 266 g/mol. The van der Waals surface area contributed by atoms with E-state index in [1.807, 2.05) is 42.6 Å². The van der Waals surface area contributed by atoms with Crippen molar-refractivity contribution in [2.75, 3.05) is 11.9 Å². The van der Waals surface area contributed by atoms with Gasteiger partial charge in [-0.25, -0.2) is 4.52 Å². The Bertz CT molecular complexity index is 838. The summed E-state index contributed by atoms with van der Waals surface area (Å²) in [5.41, 5.74) is 3.22. The molecule has 5 heteroatoms. The molecule has 3 heterocycles. The number of hydrogen-bond donors (Lipinski definition) is 1. The highest BCUT2D eigenvalue weighted by Crippen LogP contribution is 2.31. The number of hydrogen-bond acceptors (Lipinski definition) is 3. The van der Waals surface area contributed by atoms with Crippen LogP contribution in [0.25, 0.3) is 5.52 Å². The van der Waals surface area contributed by atoms with Crippen molar-refractivity contribution in [2.45, 2.75) is 6.42 Å². The van der Waals surface area contributed by atoms with Crippen LogP contribution in [0.2, 0.25) is 0 Å². The fourth-order valence-corrected chi connectivity index (χ4v) is 2.64. The van der Waals surface area contributed by atoms with Gasteiger partial charge in [0.1, 0.15) is 5.75 Å². The number of carbonyl (C=O) groups is 1. The first-order valence-corrected chi connectivity index (χ1v) is 6.81. The molecule has 0 saturated carbocycles. The molecule has 2 aromatic heterocycles. The summed E-state index contributed by atoms with van der Waals surface area (Å²) < 4.78 is 7.20. The fourth-order valence-electron chi connectivity index (χ4n) is 2.64. The lowest BCUT2D eigenvalue weighted by Crippen LogP contribution is -2.12. The minimum Gasteiger partial charge on any atom is -0.493 e. The molecule has 4 rings (SSSR count). The molecule has 0 fully saturated rings. The van der Waals surface area contributed by atoms with Crippen LogP contribution in [0.1, 0.15) is 15.9 Å². The summed E-state index contributed by atoms with van der Waals surface area (Å²) >= 11 is 0. The van der Waals surface area contributed by atoms with Crippen LogP contribution in [0.5, 0.6) is 5.75 Å². The van der Waals surface area contributed by atoms with Crippen molar-refractivity contribution < 1.29 is 9.53 Å². The van der Waals surface area contributed by atoms with Crippen LogP contribution in [-0.4, -0.2) is 22.1 Å². The Morgan fingerprint density at radius 3 is 3.14 bits per heavy atom. The molecule has 5 nitrogen and oxygen atoms in total. The van der Waals surface area contributed by atoms with Gasteiger partial charge in [-0.1, -0.05) is 12.1 Å². The summed E-state index contributed by atoms with van der Waals surface area (Å²) in [5, 5.41) is 7.15. The maximum absolute atomic E-state index is 12.5. The van der Waals surface area contributed by atoms with E-state index in [4.69, 9.17) is 4.74 Å². The van der Waals surface area contributed by atoms with Gasteiger partial charge in [0, 0.05) is 23.9 Å². The number of fused-ring (bicyclic) bond motifs is 2. The van der Waals surface area contributed by atoms with Crippen molar-refractivity contribution in [1.29, 1.82) is 0 Å². The summed E-state index contributed by atoms with van der Waals surface area (Å²) in [4.78, 5) is 12.5. The molecule has 0 bridgehead atoms. The highest BCUT2D eigenvalue weighted by molar-refractivity contribution is 6.09. The lowest BCUT2D eigenvalue weighted by Gasteiger charge is -2.08. The molecule has 0 saturated heterocycles. The second-order valence-corrected chi connectivity index (χ2v) is 4.92. The lowest BCUT2D eigenvalue weighted by atomic mass is 10.1. The van der Waals surface area contributed by atoms with Gasteiger partial charge in [-0.3, -0.25) is 4.79 Å². The molecule has 1 aromatic carbocycles. The number of carbonyl (C=O) groups excluding carboxylic acids is 1. The average molecular weight is 279 g/mol. The zero-order valence-corrected chi connectivity index (χ0v) is 11.2. The van der Waals surface area contributed by atoms with Crippen molar-refractivity contribution in [2.24, 2.45) is 0 Å². The van der Waals surface area contributed by atoms with Crippen molar-refractivity contribution in [1.82, 2.24) is 9.61 Å². The molecular formula is C16H13N3O2. The summed E-state index contributed by atoms with van der Waals surface area (Å²) in [7, 11) is 0. The van der Waals surface area contributed by atoms with Gasteiger partial charge in [-0.15, -0.1) is 0 Å². The van der Waals surface area contributed by atoms with E-state index in [1.54, 1.807) is 10.7 Å². The van der Waals surface area contributed by atoms with E-state index in [1.165, 1.54) is 0 Å². The third-order valence-corrected chi connectivity index (χ3v) is 3.66. The Morgan fingerprint density at radius 2 is 2.19 bits per heavy atom. The zero-order chi connectivity index (χ0) is 14.2. The van der Waals surface area contributed by atoms with Crippen LogP contribution < -0.4 is 10.1 Å². The SMILES string of the molecule is O=C(Nc1cccc2c1CCO2)c1cnn2ccccc12. The Hall–Kier alpha value is -2.82. The summed E-state index contributed by atoms with van der Waals surface area (Å²) in [6, 6.07) is 11.4. The lowest BCUT2D eigenvalue weighted by molar-refractivity contribution is 0.102. The van der Waals surface area contributed by atoms with Crippen molar-refractivity contribution in [3.05, 3.63) is 59.9 Å². The summed E-state index contributed by atoms with van der Waals surface area (Å²) in [6.45, 7) is 0.666. The number of benzene rings is 1. The van der Waals surface area contributed by atoms with Crippen LogP contribution in [0.15, 0.2) is 48.8 Å². The van der Waals surface area contributed by atoms with Crippen LogP contribution in [0.3, 0.4) is 0 Å². The summed E-state index contributed by atoms with van der Waals surface area (Å²) in [5.74, 6) is 0.698. The van der Waals surface area contributed by atoms with Gasteiger partial charge in [-0.05, 0) is 24.3 Å². The molecule has 0 atom stereocenters. The highest BCUT2D eigenvalue weighted by atomic mass is 16.5. The molecule has 21 heavy (non-hydrogen) atoms. The largest absolute Gasteiger partial charge is 0.493 e. The van der Waals surface area contributed by atoms with Crippen LogP contribution in [-0.2, 0) is 6.42 Å². The smallest absolute Gasteiger partial charge is 0.259 e. The van der Waals surface area contributed by atoms with Gasteiger partial charge in [0.15, 0.2) is 0 Å².